The van der Waals surface area contributed by atoms with Crippen LogP contribution in [0.25, 0.3) is 0 Å². The Balaban J connectivity index is 0.000000368. The number of nitrogens with one attached hydrogen (secondary N) is 1. The number of fused-ring (bicyclic) bond motifs is 2. The molecule has 2 aromatic rings. The fraction of sp³-hybridized carbons (Fsp3) is 0.565. The lowest BCUT2D eigenvalue weighted by atomic mass is 9.94. The lowest BCUT2D eigenvalue weighted by Gasteiger charge is -2.29. The third kappa shape index (κ3) is 15.2. The van der Waals surface area contributed by atoms with Crippen LogP contribution in [0.1, 0.15) is 41.5 Å². The van der Waals surface area contributed by atoms with Crippen molar-refractivity contribution in [3.05, 3.63) is 72.8 Å². The maximum atomic E-state index is 13.0. The van der Waals surface area contributed by atoms with Gasteiger partial charge in [-0.15, -0.1) is 12.4 Å². The molecule has 10 atom stereocenters. The third-order valence-corrected chi connectivity index (χ3v) is 10.7. The Kier molecular flexibility index (Phi) is 21.1. The van der Waals surface area contributed by atoms with Crippen molar-refractivity contribution < 1.29 is 58.9 Å². The van der Waals surface area contributed by atoms with Gasteiger partial charge in [0.1, 0.15) is 42.6 Å². The Labute approximate surface area is 389 Å². The van der Waals surface area contributed by atoms with E-state index in [0.717, 1.165) is 17.1 Å². The number of anilines is 4. The summed E-state index contributed by atoms with van der Waals surface area (Å²) in [6.07, 6.45) is -4.03. The third-order valence-electron chi connectivity index (χ3n) is 10.7. The number of allylic oxidation sites excluding steroid dienone is 2. The van der Waals surface area contributed by atoms with Crippen LogP contribution in [0.3, 0.4) is 0 Å². The van der Waals surface area contributed by atoms with Crippen molar-refractivity contribution in [2.24, 2.45) is 16.6 Å². The molecule has 0 radical (unpaired) electrons. The first kappa shape index (κ1) is 56.5. The maximum absolute atomic E-state index is 13.0. The summed E-state index contributed by atoms with van der Waals surface area (Å²) in [7, 11) is 9.68. The number of rotatable bonds is 10. The van der Waals surface area contributed by atoms with E-state index in [9.17, 15) is 44.7 Å². The molecule has 5 rings (SSSR count). The normalized spacial score (nSPS) is 23.6. The predicted octanol–water partition coefficient (Wildman–Crippen LogP) is 1.38. The summed E-state index contributed by atoms with van der Waals surface area (Å²) in [5.41, 5.74) is 8.99. The molecule has 19 heteroatoms. The summed E-state index contributed by atoms with van der Waals surface area (Å²) >= 11 is 0. The minimum atomic E-state index is -1.71. The summed E-state index contributed by atoms with van der Waals surface area (Å²) in [5, 5.41) is 53.3. The van der Waals surface area contributed by atoms with Gasteiger partial charge in [-0.25, -0.2) is 4.79 Å². The van der Waals surface area contributed by atoms with E-state index in [1.807, 2.05) is 114 Å². The number of carbonyl (C=O) groups excluding carboxylic acids is 4. The number of hydrogen-bond acceptors (Lipinski definition) is 15. The summed E-state index contributed by atoms with van der Waals surface area (Å²) < 4.78 is 14.8. The molecule has 3 amide bonds. The zero-order chi connectivity index (χ0) is 48.4. The highest BCUT2D eigenvalue weighted by atomic mass is 35.5. The fourth-order valence-electron chi connectivity index (χ4n) is 7.01. The molecule has 0 aromatic heterocycles. The second kappa shape index (κ2) is 24.2. The van der Waals surface area contributed by atoms with Gasteiger partial charge in [-0.2, -0.15) is 0 Å². The molecular weight excluding hydrogens is 864 g/mol. The molecule has 364 valence electrons. The van der Waals surface area contributed by atoms with E-state index in [2.05, 4.69) is 5.32 Å². The largest absolute Gasteiger partial charge is 0.454 e. The Morgan fingerprint density at radius 2 is 1.23 bits per heavy atom. The van der Waals surface area contributed by atoms with Crippen LogP contribution in [-0.2, 0) is 33.4 Å². The number of likely N-dealkylation sites (N-methyl/N-ethyl adjacent to an activating group) is 4. The number of halogens is 1. The number of aliphatic hydroxyl groups excluding tert-OH is 5. The molecule has 65 heavy (non-hydrogen) atoms. The predicted molar refractivity (Wildman–Crippen MR) is 252 cm³/mol. The molecule has 0 spiro atoms. The van der Waals surface area contributed by atoms with Crippen LogP contribution in [0.15, 0.2) is 72.8 Å². The second-order valence-electron chi connectivity index (χ2n) is 18.3. The number of hydrogen-bond donors (Lipinski definition) is 7. The number of ether oxygens (including phenoxy) is 3. The molecule has 3 aliphatic heterocycles. The first-order valence-electron chi connectivity index (χ1n) is 21.0. The number of esters is 1. The zero-order valence-electron chi connectivity index (χ0n) is 39.5. The van der Waals surface area contributed by atoms with Crippen LogP contribution < -0.4 is 30.7 Å². The van der Waals surface area contributed by atoms with Crippen molar-refractivity contribution >= 4 is 58.8 Å². The van der Waals surface area contributed by atoms with E-state index in [-0.39, 0.29) is 41.6 Å². The Morgan fingerprint density at radius 3 is 1.69 bits per heavy atom. The van der Waals surface area contributed by atoms with Gasteiger partial charge in [-0.1, -0.05) is 90.1 Å². The number of nitrogens with zero attached hydrogens (tertiary/aromatic N) is 4. The van der Waals surface area contributed by atoms with E-state index in [1.165, 1.54) is 31.3 Å². The number of aliphatic hydroxyl groups is 5. The van der Waals surface area contributed by atoms with Crippen LogP contribution in [0.2, 0.25) is 0 Å². The van der Waals surface area contributed by atoms with Gasteiger partial charge < -0.3 is 70.4 Å². The van der Waals surface area contributed by atoms with Crippen LogP contribution in [-0.4, -0.2) is 166 Å². The number of nitrogens with two attached hydrogens (primary N) is 1. The molecule has 2 aromatic carbocycles. The van der Waals surface area contributed by atoms with Gasteiger partial charge in [0.15, 0.2) is 18.3 Å². The molecule has 1 fully saturated rings. The summed E-state index contributed by atoms with van der Waals surface area (Å²) in [4.78, 5) is 55.9. The average Bonchev–Trinajstić information content (AvgIpc) is 3.46. The highest BCUT2D eigenvalue weighted by Gasteiger charge is 2.47. The quantitative estimate of drug-likeness (QED) is 0.131. The number of amides is 3. The first-order valence-corrected chi connectivity index (χ1v) is 21.0. The van der Waals surface area contributed by atoms with Gasteiger partial charge in [0.05, 0.1) is 22.7 Å². The van der Waals surface area contributed by atoms with Gasteiger partial charge in [0, 0.05) is 55.5 Å². The van der Waals surface area contributed by atoms with Crippen LogP contribution in [0.5, 0.6) is 0 Å². The minimum Gasteiger partial charge on any atom is -0.454 e. The van der Waals surface area contributed by atoms with E-state index >= 15 is 0 Å². The Bertz CT molecular complexity index is 1960. The van der Waals surface area contributed by atoms with Crippen molar-refractivity contribution in [3.8, 4) is 0 Å². The number of para-hydroxylation sites is 4. The van der Waals surface area contributed by atoms with Crippen LogP contribution in [0.4, 0.5) is 22.7 Å². The zero-order valence-corrected chi connectivity index (χ0v) is 40.3. The molecule has 8 N–H and O–H groups in total. The van der Waals surface area contributed by atoms with E-state index in [0.29, 0.717) is 12.2 Å². The molecule has 3 heterocycles. The fourth-order valence-corrected chi connectivity index (χ4v) is 7.01. The van der Waals surface area contributed by atoms with Gasteiger partial charge in [0.2, 0.25) is 5.91 Å². The molecule has 0 bridgehead atoms. The van der Waals surface area contributed by atoms with Crippen molar-refractivity contribution in [1.29, 1.82) is 0 Å². The molecule has 0 saturated carbocycles. The Morgan fingerprint density at radius 1 is 0.769 bits per heavy atom. The highest BCUT2D eigenvalue weighted by Crippen LogP contribution is 2.32. The lowest BCUT2D eigenvalue weighted by molar-refractivity contribution is -0.151. The number of methoxy groups -OCH3 is 2. The standard InChI is InChI=1S/C23H35N3O6.C12H20O5.C11H15N3O.ClH/c1-23(2,3)12-11-17(27)18(28)19(29)20(32-6)21(30)24-14-13-25(4)15-9-7-8-10-16(15)26(5)22(14)31;1-12(2,3)6-5-7(13)9-8(14)10(16-4)11(15)17-9;1-13-7-8(12)11(15)14(2)10-6-4-3-5-9(10)13;/h7-12,14,17-20,27-29H,13H2,1-6H3,(H,24,30);5-10,13-14H,1-4H3;3-6,8H,7,12H2,1-2H3;1H/b12-11+;6-5+;;/t14-,17+,18-,19+,20+;7-,8-,9+,10-;8-;/m010./s1. The van der Waals surface area contributed by atoms with Gasteiger partial charge >= 0.3 is 5.97 Å². The van der Waals surface area contributed by atoms with Gasteiger partial charge in [-0.05, 0) is 35.1 Å². The van der Waals surface area contributed by atoms with Crippen LogP contribution in [0, 0.1) is 10.8 Å². The maximum Gasteiger partial charge on any atom is 0.338 e. The molecule has 1 saturated heterocycles. The smallest absolute Gasteiger partial charge is 0.338 e. The minimum absolute atomic E-state index is 0. The SMILES string of the molecule is CN1C[C@H](N)C(=O)N(C)c2ccccc21.CO[C@@H](C(=O)N[C@H]1CN(C)c2ccccc2N(C)C1=O)[C@H](O)[C@@H](O)[C@H](O)/C=C/C(C)(C)C.CO[C@H]1C(=O)O[C@@H]([C@H](O)/C=C/C(C)(C)C)[C@H]1O.Cl. The molecular formula is C46H71ClN6O12. The van der Waals surface area contributed by atoms with Gasteiger partial charge in [0.25, 0.3) is 11.8 Å². The summed E-state index contributed by atoms with van der Waals surface area (Å²) in [5.74, 6) is -1.77. The van der Waals surface area contributed by atoms with E-state index in [1.54, 1.807) is 31.1 Å². The van der Waals surface area contributed by atoms with Crippen molar-refractivity contribution in [3.63, 3.8) is 0 Å². The van der Waals surface area contributed by atoms with Crippen molar-refractivity contribution in [2.45, 2.75) is 102 Å². The van der Waals surface area contributed by atoms with Crippen molar-refractivity contribution in [2.75, 3.05) is 75.1 Å². The topological polar surface area (TPSA) is 248 Å². The summed E-state index contributed by atoms with van der Waals surface area (Å²) in [6, 6.07) is 13.9. The molecule has 0 unspecified atom stereocenters. The van der Waals surface area contributed by atoms with Crippen LogP contribution >= 0.6 is 12.4 Å². The monoisotopic (exact) mass is 934 g/mol. The number of carbonyl (C=O) groups is 4. The van der Waals surface area contributed by atoms with Gasteiger partial charge in [-0.3, -0.25) is 14.4 Å². The molecule has 18 nitrogen and oxygen atoms in total. The average molecular weight is 936 g/mol. The van der Waals surface area contributed by atoms with E-state index < -0.39 is 72.8 Å². The molecule has 3 aliphatic rings. The highest BCUT2D eigenvalue weighted by molar-refractivity contribution is 6.03. The van der Waals surface area contributed by atoms with Crippen molar-refractivity contribution in [1.82, 2.24) is 5.32 Å². The lowest BCUT2D eigenvalue weighted by Crippen LogP contribution is -2.57. The number of cyclic esters (lactones) is 1. The second-order valence-corrected chi connectivity index (χ2v) is 18.3. The summed E-state index contributed by atoms with van der Waals surface area (Å²) in [6.45, 7) is 12.4. The molecule has 0 aliphatic carbocycles. The van der Waals surface area contributed by atoms with E-state index in [4.69, 9.17) is 19.9 Å². The number of benzene rings is 2. The first-order chi connectivity index (χ1) is 29.7. The Hall–Kier alpha value is -4.63.